The molecule has 6 heteroatoms. The highest BCUT2D eigenvalue weighted by Gasteiger charge is 2.21. The molecule has 1 aliphatic rings. The summed E-state index contributed by atoms with van der Waals surface area (Å²) < 4.78 is 0. The highest BCUT2D eigenvalue weighted by molar-refractivity contribution is 7.11. The van der Waals surface area contributed by atoms with E-state index >= 15 is 0 Å². The number of rotatable bonds is 5. The summed E-state index contributed by atoms with van der Waals surface area (Å²) in [5, 5.41) is 4.45. The van der Waals surface area contributed by atoms with E-state index < -0.39 is 0 Å². The molecule has 1 saturated heterocycles. The minimum atomic E-state index is 0.0969. The van der Waals surface area contributed by atoms with Crippen LogP contribution in [0.2, 0.25) is 0 Å². The van der Waals surface area contributed by atoms with Crippen LogP contribution >= 0.6 is 11.3 Å². The Kier molecular flexibility index (Phi) is 5.68. The summed E-state index contributed by atoms with van der Waals surface area (Å²) in [7, 11) is 0. The van der Waals surface area contributed by atoms with E-state index in [0.29, 0.717) is 5.56 Å². The average Bonchev–Trinajstić information content (AvgIpc) is 2.93. The molecule has 2 aromatic rings. The third kappa shape index (κ3) is 4.57. The molecule has 3 rings (SSSR count). The first kappa shape index (κ1) is 17.9. The first-order valence-corrected chi connectivity index (χ1v) is 9.76. The van der Waals surface area contributed by atoms with Crippen LogP contribution in [0.5, 0.6) is 0 Å². The molecular formula is C19H26N4OS. The summed E-state index contributed by atoms with van der Waals surface area (Å²) in [5.41, 5.74) is 1.79. The van der Waals surface area contributed by atoms with Crippen LogP contribution in [-0.4, -0.2) is 40.4 Å². The van der Waals surface area contributed by atoms with Crippen LogP contribution < -0.4 is 5.32 Å². The molecule has 3 heterocycles. The van der Waals surface area contributed by atoms with E-state index in [9.17, 15) is 4.79 Å². The second-order valence-electron chi connectivity index (χ2n) is 6.83. The van der Waals surface area contributed by atoms with Crippen LogP contribution in [0.25, 0.3) is 0 Å². The number of hydrogen-bond acceptors (Lipinski definition) is 5. The molecule has 1 fully saturated rings. The maximum atomic E-state index is 12.5. The molecule has 2 aromatic heterocycles. The fourth-order valence-corrected chi connectivity index (χ4v) is 3.90. The maximum Gasteiger partial charge on any atom is 0.255 e. The fourth-order valence-electron chi connectivity index (χ4n) is 2.96. The van der Waals surface area contributed by atoms with Gasteiger partial charge < -0.3 is 10.2 Å². The van der Waals surface area contributed by atoms with Crippen LogP contribution in [0, 0.1) is 19.8 Å². The quantitative estimate of drug-likeness (QED) is 0.886. The first-order chi connectivity index (χ1) is 12.0. The molecule has 0 aromatic carbocycles. The van der Waals surface area contributed by atoms with Crippen LogP contribution in [0.15, 0.2) is 18.3 Å². The third-order valence-electron chi connectivity index (χ3n) is 4.80. The van der Waals surface area contributed by atoms with Gasteiger partial charge >= 0.3 is 0 Å². The van der Waals surface area contributed by atoms with E-state index in [4.69, 9.17) is 0 Å². The molecule has 5 nitrogen and oxygen atoms in total. The molecule has 1 aliphatic heterocycles. The van der Waals surface area contributed by atoms with Crippen molar-refractivity contribution in [1.29, 1.82) is 0 Å². The molecule has 0 atom stereocenters. The minimum Gasteiger partial charge on any atom is -0.370 e. The SMILES string of the molecule is Cc1nc(CCNc2ccc(C(=O)N3CCC(C)CC3)cn2)sc1C. The number of thiazole rings is 1. The van der Waals surface area contributed by atoms with E-state index in [1.165, 1.54) is 4.88 Å². The van der Waals surface area contributed by atoms with Crippen LogP contribution in [-0.2, 0) is 6.42 Å². The van der Waals surface area contributed by atoms with Gasteiger partial charge in [-0.05, 0) is 44.7 Å². The summed E-state index contributed by atoms with van der Waals surface area (Å²) in [4.78, 5) is 24.7. The molecule has 0 saturated carbocycles. The van der Waals surface area contributed by atoms with Crippen molar-refractivity contribution < 1.29 is 4.79 Å². The van der Waals surface area contributed by atoms with Crippen LogP contribution in [0.3, 0.4) is 0 Å². The molecule has 0 spiro atoms. The number of likely N-dealkylation sites (tertiary alicyclic amines) is 1. The molecule has 25 heavy (non-hydrogen) atoms. The van der Waals surface area contributed by atoms with Crippen molar-refractivity contribution in [2.24, 2.45) is 5.92 Å². The highest BCUT2D eigenvalue weighted by atomic mass is 32.1. The van der Waals surface area contributed by atoms with Crippen molar-refractivity contribution in [3.8, 4) is 0 Å². The number of nitrogens with zero attached hydrogens (tertiary/aromatic N) is 3. The summed E-state index contributed by atoms with van der Waals surface area (Å²) in [6, 6.07) is 3.76. The Morgan fingerprint density at radius 2 is 2.08 bits per heavy atom. The molecule has 1 amide bonds. The summed E-state index contributed by atoms with van der Waals surface area (Å²) >= 11 is 1.75. The monoisotopic (exact) mass is 358 g/mol. The normalized spacial score (nSPS) is 15.4. The molecular weight excluding hydrogens is 332 g/mol. The number of aromatic nitrogens is 2. The molecule has 0 aliphatic carbocycles. The van der Waals surface area contributed by atoms with Gasteiger partial charge in [0, 0.05) is 37.1 Å². The van der Waals surface area contributed by atoms with Crippen molar-refractivity contribution in [2.45, 2.75) is 40.0 Å². The van der Waals surface area contributed by atoms with Gasteiger partial charge in [-0.3, -0.25) is 4.79 Å². The number of carbonyl (C=O) groups excluding carboxylic acids is 1. The zero-order chi connectivity index (χ0) is 17.8. The highest BCUT2D eigenvalue weighted by Crippen LogP contribution is 2.19. The third-order valence-corrected chi connectivity index (χ3v) is 5.93. The van der Waals surface area contributed by atoms with Gasteiger partial charge in [0.25, 0.3) is 5.91 Å². The summed E-state index contributed by atoms with van der Waals surface area (Å²) in [6.07, 6.45) is 4.75. The Balaban J connectivity index is 1.50. The van der Waals surface area contributed by atoms with Gasteiger partial charge in [-0.25, -0.2) is 9.97 Å². The maximum absolute atomic E-state index is 12.5. The van der Waals surface area contributed by atoms with E-state index in [1.54, 1.807) is 17.5 Å². The van der Waals surface area contributed by atoms with Gasteiger partial charge in [-0.15, -0.1) is 11.3 Å². The van der Waals surface area contributed by atoms with Crippen LogP contribution in [0.1, 0.15) is 45.7 Å². The zero-order valence-electron chi connectivity index (χ0n) is 15.2. The second-order valence-corrected chi connectivity index (χ2v) is 8.12. The summed E-state index contributed by atoms with van der Waals surface area (Å²) in [6.45, 7) is 8.89. The number of piperidine rings is 1. The summed E-state index contributed by atoms with van der Waals surface area (Å²) in [5.74, 6) is 1.62. The Hall–Kier alpha value is -1.95. The van der Waals surface area contributed by atoms with Crippen LogP contribution in [0.4, 0.5) is 5.82 Å². The number of hydrogen-bond donors (Lipinski definition) is 1. The topological polar surface area (TPSA) is 58.1 Å². The first-order valence-electron chi connectivity index (χ1n) is 8.95. The van der Waals surface area contributed by atoms with Gasteiger partial charge in [0.15, 0.2) is 0 Å². The number of anilines is 1. The number of pyridine rings is 1. The average molecular weight is 359 g/mol. The number of carbonyl (C=O) groups is 1. The molecule has 0 bridgehead atoms. The minimum absolute atomic E-state index is 0.0969. The van der Waals surface area contributed by atoms with Gasteiger partial charge in [0.2, 0.25) is 0 Å². The number of nitrogens with one attached hydrogen (secondary N) is 1. The lowest BCUT2D eigenvalue weighted by Gasteiger charge is -2.30. The Morgan fingerprint density at radius 1 is 1.32 bits per heavy atom. The van der Waals surface area contributed by atoms with E-state index in [-0.39, 0.29) is 5.91 Å². The van der Waals surface area contributed by atoms with Gasteiger partial charge in [0.1, 0.15) is 5.82 Å². The van der Waals surface area contributed by atoms with Crippen molar-refractivity contribution >= 4 is 23.1 Å². The molecule has 134 valence electrons. The Bertz CT molecular complexity index is 698. The van der Waals surface area contributed by atoms with E-state index in [1.807, 2.05) is 24.0 Å². The molecule has 1 N–H and O–H groups in total. The standard InChI is InChI=1S/C19H26N4OS/c1-13-7-10-23(11-8-13)19(24)16-4-5-17(21-12-16)20-9-6-18-22-14(2)15(3)25-18/h4-5,12-13H,6-11H2,1-3H3,(H,20,21). The molecule has 0 radical (unpaired) electrons. The number of amides is 1. The lowest BCUT2D eigenvalue weighted by molar-refractivity contribution is 0.0697. The lowest BCUT2D eigenvalue weighted by Crippen LogP contribution is -2.37. The van der Waals surface area contributed by atoms with Crippen molar-refractivity contribution in [3.05, 3.63) is 39.5 Å². The Morgan fingerprint density at radius 3 is 2.68 bits per heavy atom. The predicted octanol–water partition coefficient (Wildman–Crippen LogP) is 3.68. The van der Waals surface area contributed by atoms with Crippen molar-refractivity contribution in [3.63, 3.8) is 0 Å². The molecule has 0 unspecified atom stereocenters. The second kappa shape index (κ2) is 7.95. The largest absolute Gasteiger partial charge is 0.370 e. The van der Waals surface area contributed by atoms with Gasteiger partial charge in [-0.2, -0.15) is 0 Å². The predicted molar refractivity (Wildman–Crippen MR) is 102 cm³/mol. The van der Waals surface area contributed by atoms with Gasteiger partial charge in [-0.1, -0.05) is 6.92 Å². The van der Waals surface area contributed by atoms with Gasteiger partial charge in [0.05, 0.1) is 16.3 Å². The smallest absolute Gasteiger partial charge is 0.255 e. The van der Waals surface area contributed by atoms with E-state index in [0.717, 1.165) is 61.3 Å². The lowest BCUT2D eigenvalue weighted by atomic mass is 9.99. The van der Waals surface area contributed by atoms with Crippen molar-refractivity contribution in [2.75, 3.05) is 25.0 Å². The van der Waals surface area contributed by atoms with Crippen molar-refractivity contribution in [1.82, 2.24) is 14.9 Å². The van der Waals surface area contributed by atoms with E-state index in [2.05, 4.69) is 29.1 Å². The zero-order valence-corrected chi connectivity index (χ0v) is 16.0. The number of aryl methyl sites for hydroxylation is 2. The fraction of sp³-hybridized carbons (Fsp3) is 0.526. The Labute approximate surface area is 153 Å².